The van der Waals surface area contributed by atoms with E-state index < -0.39 is 11.7 Å². The van der Waals surface area contributed by atoms with Crippen molar-refractivity contribution < 1.29 is 13.2 Å². The SMILES string of the molecule is CNSc1ccc(NCc2ccccc2C(F)(F)F)c(-c2cn(C)cn2)c1. The van der Waals surface area contributed by atoms with Crippen LogP contribution in [-0.2, 0) is 19.8 Å². The van der Waals surface area contributed by atoms with E-state index in [9.17, 15) is 13.2 Å². The zero-order chi connectivity index (χ0) is 19.4. The van der Waals surface area contributed by atoms with E-state index in [-0.39, 0.29) is 12.1 Å². The molecular weight excluding hydrogens is 373 g/mol. The number of imidazole rings is 1. The number of nitrogens with zero attached hydrogens (tertiary/aromatic N) is 2. The van der Waals surface area contributed by atoms with Crippen LogP contribution in [0.4, 0.5) is 18.9 Å². The van der Waals surface area contributed by atoms with E-state index in [0.29, 0.717) is 0 Å². The fraction of sp³-hybridized carbons (Fsp3) is 0.211. The summed E-state index contributed by atoms with van der Waals surface area (Å²) in [5.41, 5.74) is 1.89. The fourth-order valence-electron chi connectivity index (χ4n) is 2.76. The normalized spacial score (nSPS) is 11.6. The van der Waals surface area contributed by atoms with Crippen molar-refractivity contribution in [3.8, 4) is 11.3 Å². The van der Waals surface area contributed by atoms with E-state index in [4.69, 9.17) is 0 Å². The second-order valence-electron chi connectivity index (χ2n) is 5.95. The molecule has 2 N–H and O–H groups in total. The molecule has 27 heavy (non-hydrogen) atoms. The highest BCUT2D eigenvalue weighted by atomic mass is 32.2. The van der Waals surface area contributed by atoms with E-state index in [2.05, 4.69) is 15.0 Å². The molecule has 1 aromatic heterocycles. The van der Waals surface area contributed by atoms with Crippen LogP contribution in [0.15, 0.2) is 59.9 Å². The fourth-order valence-corrected chi connectivity index (χ4v) is 3.31. The standard InChI is InChI=1S/C19H19F3N4S/c1-23-27-14-7-8-17(15(9-14)18-11-26(2)12-25-18)24-10-13-5-3-4-6-16(13)19(20,21)22/h3-9,11-12,23-24H,10H2,1-2H3. The highest BCUT2D eigenvalue weighted by Gasteiger charge is 2.32. The topological polar surface area (TPSA) is 41.9 Å². The predicted molar refractivity (Wildman–Crippen MR) is 102 cm³/mol. The predicted octanol–water partition coefficient (Wildman–Crippen LogP) is 4.94. The minimum absolute atomic E-state index is 0.0635. The molecule has 4 nitrogen and oxygen atoms in total. The Labute approximate surface area is 159 Å². The molecule has 0 radical (unpaired) electrons. The minimum atomic E-state index is -4.38. The first-order chi connectivity index (χ1) is 12.9. The molecule has 0 saturated carbocycles. The zero-order valence-electron chi connectivity index (χ0n) is 14.8. The van der Waals surface area contributed by atoms with Gasteiger partial charge in [-0.15, -0.1) is 0 Å². The number of aryl methyl sites for hydroxylation is 1. The first-order valence-electron chi connectivity index (χ1n) is 8.23. The van der Waals surface area contributed by atoms with Gasteiger partial charge in [0.1, 0.15) is 0 Å². The number of benzene rings is 2. The molecule has 0 saturated heterocycles. The summed E-state index contributed by atoms with van der Waals surface area (Å²) in [4.78, 5) is 5.36. The van der Waals surface area contributed by atoms with Crippen LogP contribution in [0.5, 0.6) is 0 Å². The second kappa shape index (κ2) is 8.06. The lowest BCUT2D eigenvalue weighted by Gasteiger charge is -2.16. The molecule has 0 spiro atoms. The van der Waals surface area contributed by atoms with Gasteiger partial charge >= 0.3 is 6.18 Å². The van der Waals surface area contributed by atoms with E-state index in [1.165, 1.54) is 24.1 Å². The van der Waals surface area contributed by atoms with E-state index >= 15 is 0 Å². The number of hydrogen-bond acceptors (Lipinski definition) is 4. The molecule has 0 aliphatic rings. The van der Waals surface area contributed by atoms with Crippen molar-refractivity contribution in [3.63, 3.8) is 0 Å². The lowest BCUT2D eigenvalue weighted by Crippen LogP contribution is -2.12. The summed E-state index contributed by atoms with van der Waals surface area (Å²) in [5, 5.41) is 3.14. The lowest BCUT2D eigenvalue weighted by molar-refractivity contribution is -0.138. The molecular formula is C19H19F3N4S. The van der Waals surface area contributed by atoms with Gasteiger partial charge in [-0.25, -0.2) is 4.98 Å². The Morgan fingerprint density at radius 3 is 2.59 bits per heavy atom. The molecule has 3 aromatic rings. The highest BCUT2D eigenvalue weighted by molar-refractivity contribution is 7.97. The number of nitrogens with one attached hydrogen (secondary N) is 2. The van der Waals surface area contributed by atoms with Crippen LogP contribution < -0.4 is 10.0 Å². The second-order valence-corrected chi connectivity index (χ2v) is 7.03. The van der Waals surface area contributed by atoms with Crippen LogP contribution >= 0.6 is 11.9 Å². The maximum absolute atomic E-state index is 13.2. The Morgan fingerprint density at radius 2 is 1.93 bits per heavy atom. The van der Waals surface area contributed by atoms with Gasteiger partial charge in [0.15, 0.2) is 0 Å². The summed E-state index contributed by atoms with van der Waals surface area (Å²) in [7, 11) is 3.70. The van der Waals surface area contributed by atoms with Crippen molar-refractivity contribution in [2.24, 2.45) is 7.05 Å². The third-order valence-corrected chi connectivity index (χ3v) is 4.68. The molecule has 0 atom stereocenters. The van der Waals surface area contributed by atoms with Gasteiger partial charge in [0.25, 0.3) is 0 Å². The van der Waals surface area contributed by atoms with Crippen LogP contribution in [0.2, 0.25) is 0 Å². The number of rotatable bonds is 6. The average molecular weight is 392 g/mol. The Bertz CT molecular complexity index is 921. The number of alkyl halides is 3. The molecule has 0 fully saturated rings. The molecule has 0 amide bonds. The smallest absolute Gasteiger partial charge is 0.380 e. The van der Waals surface area contributed by atoms with E-state index in [0.717, 1.165) is 27.9 Å². The van der Waals surface area contributed by atoms with E-state index in [1.54, 1.807) is 12.4 Å². The van der Waals surface area contributed by atoms with Crippen LogP contribution in [-0.4, -0.2) is 16.6 Å². The maximum Gasteiger partial charge on any atom is 0.416 e. The van der Waals surface area contributed by atoms with Crippen LogP contribution in [0, 0.1) is 0 Å². The van der Waals surface area contributed by atoms with Crippen molar-refractivity contribution in [1.82, 2.24) is 14.3 Å². The van der Waals surface area contributed by atoms with Gasteiger partial charge in [-0.05, 0) is 48.8 Å². The largest absolute Gasteiger partial charge is 0.416 e. The first kappa shape index (κ1) is 19.3. The van der Waals surface area contributed by atoms with Crippen LogP contribution in [0.3, 0.4) is 0 Å². The number of halogens is 3. The molecule has 142 valence electrons. The minimum Gasteiger partial charge on any atom is -0.380 e. The quantitative estimate of drug-likeness (QED) is 0.583. The average Bonchev–Trinajstić information content (AvgIpc) is 3.06. The van der Waals surface area contributed by atoms with Gasteiger partial charge in [-0.2, -0.15) is 13.2 Å². The van der Waals surface area contributed by atoms with Crippen molar-refractivity contribution in [1.29, 1.82) is 0 Å². The molecule has 1 heterocycles. The Morgan fingerprint density at radius 1 is 1.15 bits per heavy atom. The molecule has 0 unspecified atom stereocenters. The molecule has 0 bridgehead atoms. The van der Waals surface area contributed by atoms with Crippen molar-refractivity contribution >= 4 is 17.6 Å². The summed E-state index contributed by atoms with van der Waals surface area (Å²) < 4.78 is 44.5. The Hall–Kier alpha value is -2.45. The number of aromatic nitrogens is 2. The lowest BCUT2D eigenvalue weighted by atomic mass is 10.1. The maximum atomic E-state index is 13.2. The molecule has 0 aliphatic heterocycles. The van der Waals surface area contributed by atoms with Crippen LogP contribution in [0.1, 0.15) is 11.1 Å². The monoisotopic (exact) mass is 392 g/mol. The molecule has 8 heteroatoms. The number of hydrogen-bond donors (Lipinski definition) is 2. The van der Waals surface area contributed by atoms with Gasteiger partial charge in [-0.3, -0.25) is 4.72 Å². The summed E-state index contributed by atoms with van der Waals surface area (Å²) in [6.45, 7) is 0.0635. The summed E-state index contributed by atoms with van der Waals surface area (Å²) in [6.07, 6.45) is -0.816. The van der Waals surface area contributed by atoms with Gasteiger partial charge < -0.3 is 9.88 Å². The number of anilines is 1. The molecule has 3 rings (SSSR count). The van der Waals surface area contributed by atoms with E-state index in [1.807, 2.05) is 43.1 Å². The van der Waals surface area contributed by atoms with Gasteiger partial charge in [0.2, 0.25) is 0 Å². The first-order valence-corrected chi connectivity index (χ1v) is 9.05. The zero-order valence-corrected chi connectivity index (χ0v) is 15.7. The van der Waals surface area contributed by atoms with Crippen LogP contribution in [0.25, 0.3) is 11.3 Å². The summed E-state index contributed by atoms with van der Waals surface area (Å²) in [5.74, 6) is 0. The van der Waals surface area contributed by atoms with Crippen molar-refractivity contribution in [2.45, 2.75) is 17.6 Å². The molecule has 2 aromatic carbocycles. The van der Waals surface area contributed by atoms with Crippen molar-refractivity contribution in [3.05, 3.63) is 66.1 Å². The van der Waals surface area contributed by atoms with Crippen molar-refractivity contribution in [2.75, 3.05) is 12.4 Å². The van der Waals surface area contributed by atoms with Gasteiger partial charge in [0, 0.05) is 35.9 Å². The van der Waals surface area contributed by atoms with Gasteiger partial charge in [-0.1, -0.05) is 18.2 Å². The van der Waals surface area contributed by atoms with Gasteiger partial charge in [0.05, 0.1) is 17.6 Å². The highest BCUT2D eigenvalue weighted by Crippen LogP contribution is 2.34. The Balaban J connectivity index is 1.91. The third-order valence-electron chi connectivity index (χ3n) is 3.98. The molecule has 0 aliphatic carbocycles. The third kappa shape index (κ3) is 4.64. The Kier molecular flexibility index (Phi) is 5.76. The summed E-state index contributed by atoms with van der Waals surface area (Å²) in [6, 6.07) is 11.3. The summed E-state index contributed by atoms with van der Waals surface area (Å²) >= 11 is 1.46.